The third kappa shape index (κ3) is 3.61. The molecule has 2 rings (SSSR count). The Balaban J connectivity index is 1.97. The van der Waals surface area contributed by atoms with Gasteiger partial charge < -0.3 is 5.32 Å². The smallest absolute Gasteiger partial charge is 0.0465 e. The number of hydrogen-bond acceptors (Lipinski definition) is 1. The highest BCUT2D eigenvalue weighted by molar-refractivity contribution is 6.35. The van der Waals surface area contributed by atoms with Gasteiger partial charge in [-0.05, 0) is 37.5 Å². The van der Waals surface area contributed by atoms with Gasteiger partial charge in [-0.15, -0.1) is 0 Å². The first-order valence-electron chi connectivity index (χ1n) is 6.28. The summed E-state index contributed by atoms with van der Waals surface area (Å²) >= 11 is 12.1. The maximum Gasteiger partial charge on any atom is 0.0465 e. The lowest BCUT2D eigenvalue weighted by atomic mass is 9.83. The topological polar surface area (TPSA) is 12.0 Å². The summed E-state index contributed by atoms with van der Waals surface area (Å²) in [6, 6.07) is 5.71. The average Bonchev–Trinajstić information content (AvgIpc) is 2.29. The maximum atomic E-state index is 6.17. The summed E-state index contributed by atoms with van der Waals surface area (Å²) < 4.78 is 0. The van der Waals surface area contributed by atoms with E-state index in [1.54, 1.807) is 0 Å². The molecule has 0 aromatic heterocycles. The summed E-state index contributed by atoms with van der Waals surface area (Å²) in [5.41, 5.74) is 1.41. The molecule has 1 aliphatic carbocycles. The zero-order chi connectivity index (χ0) is 12.3. The van der Waals surface area contributed by atoms with Crippen LogP contribution in [0.15, 0.2) is 18.2 Å². The molecule has 1 saturated carbocycles. The first-order valence-corrected chi connectivity index (χ1v) is 7.04. The quantitative estimate of drug-likeness (QED) is 0.832. The van der Waals surface area contributed by atoms with Gasteiger partial charge in [0.25, 0.3) is 0 Å². The van der Waals surface area contributed by atoms with Crippen LogP contribution in [0.1, 0.15) is 44.6 Å². The van der Waals surface area contributed by atoms with Crippen molar-refractivity contribution in [3.05, 3.63) is 33.8 Å². The van der Waals surface area contributed by atoms with Crippen molar-refractivity contribution in [2.24, 2.45) is 0 Å². The fraction of sp³-hybridized carbons (Fsp3) is 0.571. The largest absolute Gasteiger partial charge is 0.307 e. The summed E-state index contributed by atoms with van der Waals surface area (Å²) in [6.45, 7) is 3.14. The summed E-state index contributed by atoms with van der Waals surface area (Å²) in [6.07, 6.45) is 6.56. The fourth-order valence-electron chi connectivity index (χ4n) is 2.48. The molecule has 0 unspecified atom stereocenters. The molecule has 0 amide bonds. The molecule has 0 atom stereocenters. The second-order valence-corrected chi connectivity index (χ2v) is 6.05. The Labute approximate surface area is 114 Å². The van der Waals surface area contributed by atoms with E-state index < -0.39 is 0 Å². The van der Waals surface area contributed by atoms with Gasteiger partial charge in [0, 0.05) is 22.1 Å². The van der Waals surface area contributed by atoms with Crippen molar-refractivity contribution in [3.63, 3.8) is 0 Å². The minimum atomic E-state index is 0.279. The Morgan fingerprint density at radius 1 is 1.18 bits per heavy atom. The van der Waals surface area contributed by atoms with Crippen LogP contribution in [0.4, 0.5) is 0 Å². The van der Waals surface area contributed by atoms with E-state index in [-0.39, 0.29) is 5.54 Å². The van der Waals surface area contributed by atoms with Crippen LogP contribution in [0.5, 0.6) is 0 Å². The van der Waals surface area contributed by atoms with E-state index in [0.29, 0.717) is 5.02 Å². The molecule has 1 aliphatic rings. The average molecular weight is 272 g/mol. The van der Waals surface area contributed by atoms with E-state index in [1.165, 1.54) is 32.1 Å². The molecule has 1 aromatic rings. The van der Waals surface area contributed by atoms with Crippen molar-refractivity contribution in [3.8, 4) is 0 Å². The molecule has 1 aromatic carbocycles. The molecule has 94 valence electrons. The zero-order valence-corrected chi connectivity index (χ0v) is 11.7. The van der Waals surface area contributed by atoms with Gasteiger partial charge in [-0.2, -0.15) is 0 Å². The predicted octanol–water partition coefficient (Wildman–Crippen LogP) is 4.81. The van der Waals surface area contributed by atoms with Gasteiger partial charge in [-0.3, -0.25) is 0 Å². The monoisotopic (exact) mass is 271 g/mol. The second-order valence-electron chi connectivity index (χ2n) is 5.21. The van der Waals surface area contributed by atoms with Gasteiger partial charge >= 0.3 is 0 Å². The first-order chi connectivity index (χ1) is 8.09. The van der Waals surface area contributed by atoms with E-state index in [9.17, 15) is 0 Å². The van der Waals surface area contributed by atoms with Crippen LogP contribution in [0.25, 0.3) is 0 Å². The lowest BCUT2D eigenvalue weighted by molar-refractivity contribution is 0.252. The van der Waals surface area contributed by atoms with Crippen LogP contribution >= 0.6 is 23.2 Å². The van der Waals surface area contributed by atoms with Gasteiger partial charge in [0.05, 0.1) is 0 Å². The molecule has 0 saturated heterocycles. The van der Waals surface area contributed by atoms with Gasteiger partial charge in [-0.1, -0.05) is 48.5 Å². The van der Waals surface area contributed by atoms with Crippen molar-refractivity contribution in [1.82, 2.24) is 5.32 Å². The molecule has 0 heterocycles. The normalized spacial score (nSPS) is 19.2. The first kappa shape index (κ1) is 13.2. The van der Waals surface area contributed by atoms with Crippen molar-refractivity contribution >= 4 is 23.2 Å². The van der Waals surface area contributed by atoms with E-state index in [0.717, 1.165) is 17.1 Å². The minimum Gasteiger partial charge on any atom is -0.307 e. The molecule has 0 bridgehead atoms. The van der Waals surface area contributed by atoms with E-state index in [4.69, 9.17) is 23.2 Å². The van der Waals surface area contributed by atoms with Crippen LogP contribution in [-0.4, -0.2) is 5.54 Å². The zero-order valence-electron chi connectivity index (χ0n) is 10.2. The van der Waals surface area contributed by atoms with E-state index in [1.807, 2.05) is 18.2 Å². The summed E-state index contributed by atoms with van der Waals surface area (Å²) in [5.74, 6) is 0. The van der Waals surface area contributed by atoms with Gasteiger partial charge in [0.15, 0.2) is 0 Å². The molecule has 0 radical (unpaired) electrons. The van der Waals surface area contributed by atoms with Gasteiger partial charge in [-0.25, -0.2) is 0 Å². The highest BCUT2D eigenvalue weighted by atomic mass is 35.5. The molecule has 17 heavy (non-hydrogen) atoms. The SMILES string of the molecule is CC1(NCc2ccc(Cl)cc2Cl)CCCCC1. The molecular formula is C14H19Cl2N. The van der Waals surface area contributed by atoms with Crippen molar-refractivity contribution in [2.75, 3.05) is 0 Å². The van der Waals surface area contributed by atoms with Gasteiger partial charge in [0.1, 0.15) is 0 Å². The molecule has 0 aliphatic heterocycles. The van der Waals surface area contributed by atoms with Gasteiger partial charge in [0.2, 0.25) is 0 Å². The number of rotatable bonds is 3. The Kier molecular flexibility index (Phi) is 4.35. The third-order valence-electron chi connectivity index (χ3n) is 3.68. The summed E-state index contributed by atoms with van der Waals surface area (Å²) in [7, 11) is 0. The number of halogens is 2. The lowest BCUT2D eigenvalue weighted by Crippen LogP contribution is -2.43. The maximum absolute atomic E-state index is 6.17. The Morgan fingerprint density at radius 3 is 2.53 bits per heavy atom. The highest BCUT2D eigenvalue weighted by Gasteiger charge is 2.25. The van der Waals surface area contributed by atoms with Crippen LogP contribution in [-0.2, 0) is 6.54 Å². The van der Waals surface area contributed by atoms with E-state index in [2.05, 4.69) is 12.2 Å². The Morgan fingerprint density at radius 2 is 1.88 bits per heavy atom. The molecule has 1 nitrogen and oxygen atoms in total. The number of nitrogens with one attached hydrogen (secondary N) is 1. The number of benzene rings is 1. The summed E-state index contributed by atoms with van der Waals surface area (Å²) in [5, 5.41) is 5.10. The standard InChI is InChI=1S/C14H19Cl2N/c1-14(7-3-2-4-8-14)17-10-11-5-6-12(15)9-13(11)16/h5-6,9,17H,2-4,7-8,10H2,1H3. The van der Waals surface area contributed by atoms with Crippen LogP contribution in [0.2, 0.25) is 10.0 Å². The molecule has 3 heteroatoms. The van der Waals surface area contributed by atoms with Crippen LogP contribution < -0.4 is 5.32 Å². The fourth-order valence-corrected chi connectivity index (χ4v) is 2.96. The lowest BCUT2D eigenvalue weighted by Gasteiger charge is -2.35. The predicted molar refractivity (Wildman–Crippen MR) is 74.8 cm³/mol. The molecule has 1 fully saturated rings. The Hall–Kier alpha value is -0.240. The third-order valence-corrected chi connectivity index (χ3v) is 4.26. The summed E-state index contributed by atoms with van der Waals surface area (Å²) in [4.78, 5) is 0. The van der Waals surface area contributed by atoms with Crippen molar-refractivity contribution < 1.29 is 0 Å². The molecular weight excluding hydrogens is 253 g/mol. The molecule has 0 spiro atoms. The van der Waals surface area contributed by atoms with Crippen molar-refractivity contribution in [1.29, 1.82) is 0 Å². The van der Waals surface area contributed by atoms with Crippen LogP contribution in [0, 0.1) is 0 Å². The minimum absolute atomic E-state index is 0.279. The second kappa shape index (κ2) is 5.60. The number of hydrogen-bond donors (Lipinski definition) is 1. The van der Waals surface area contributed by atoms with E-state index >= 15 is 0 Å². The van der Waals surface area contributed by atoms with Crippen molar-refractivity contribution in [2.45, 2.75) is 51.1 Å². The van der Waals surface area contributed by atoms with Crippen LogP contribution in [0.3, 0.4) is 0 Å². The Bertz CT molecular complexity index is 384. The highest BCUT2D eigenvalue weighted by Crippen LogP contribution is 2.28. The molecule has 1 N–H and O–H groups in total.